The summed E-state index contributed by atoms with van der Waals surface area (Å²) in [5.74, 6) is 0. The van der Waals surface area contributed by atoms with Gasteiger partial charge in [-0.15, -0.1) is 0 Å². The number of fused-ring (bicyclic) bond motifs is 1. The highest BCUT2D eigenvalue weighted by Crippen LogP contribution is 2.28. The number of urea groups is 1. The van der Waals surface area contributed by atoms with Crippen LogP contribution in [0.5, 0.6) is 0 Å². The topological polar surface area (TPSA) is 80.4 Å². The molecule has 0 bridgehead atoms. The molecule has 0 radical (unpaired) electrons. The summed E-state index contributed by atoms with van der Waals surface area (Å²) in [6, 6.07) is 14.6. The number of halogens is 1. The molecule has 10 heteroatoms. The first-order chi connectivity index (χ1) is 21.9. The lowest BCUT2D eigenvalue weighted by Crippen LogP contribution is -2.52. The van der Waals surface area contributed by atoms with E-state index >= 15 is 0 Å². The summed E-state index contributed by atoms with van der Waals surface area (Å²) in [7, 11) is 0. The molecule has 3 amide bonds. The molecule has 3 saturated heterocycles. The van der Waals surface area contributed by atoms with Gasteiger partial charge in [-0.05, 0) is 80.8 Å². The van der Waals surface area contributed by atoms with Gasteiger partial charge >= 0.3 is 12.1 Å². The van der Waals surface area contributed by atoms with Crippen molar-refractivity contribution in [1.82, 2.24) is 24.9 Å². The average molecular weight is 635 g/mol. The number of nitrogens with zero attached hydrogens (tertiary/aromatic N) is 4. The molecule has 4 aliphatic heterocycles. The predicted molar refractivity (Wildman–Crippen MR) is 179 cm³/mol. The molecule has 4 heterocycles. The molecule has 2 aromatic rings. The molecule has 3 fully saturated rings. The predicted octanol–water partition coefficient (Wildman–Crippen LogP) is 5.48. The van der Waals surface area contributed by atoms with Crippen LogP contribution >= 0.6 is 11.6 Å². The molecular formula is C35H47ClN6O3. The number of para-hydroxylation sites is 1. The number of carbonyl (C=O) groups is 2. The van der Waals surface area contributed by atoms with E-state index in [9.17, 15) is 9.59 Å². The normalized spacial score (nSPS) is 21.1. The molecule has 2 aromatic carbocycles. The molecule has 242 valence electrons. The standard InChI is InChI=1S/C35H47ClN6O3/c1-25-8-9-27(22-31(25)36)23-33(26(2)39-17-11-29(12-18-39)41-16-5-15-37-24-41)45-35(44)40-19-13-30(14-20-40)42-21-10-28-6-3-4-7-32(28)38-34(42)43/h3-4,6-9,22,29-30,33,37H,2,5,10-21,23-24H2,1H3,(H,38,43). The van der Waals surface area contributed by atoms with E-state index in [2.05, 4.69) is 39.1 Å². The Balaban J connectivity index is 1.07. The van der Waals surface area contributed by atoms with Crippen LogP contribution < -0.4 is 10.6 Å². The molecule has 2 N–H and O–H groups in total. The van der Waals surface area contributed by atoms with Crippen molar-refractivity contribution in [2.45, 2.75) is 70.1 Å². The number of nitrogens with one attached hydrogen (secondary N) is 2. The molecule has 6 rings (SSSR count). The summed E-state index contributed by atoms with van der Waals surface area (Å²) in [5, 5.41) is 7.29. The fourth-order valence-corrected chi connectivity index (χ4v) is 7.44. The van der Waals surface area contributed by atoms with E-state index in [1.54, 1.807) is 4.90 Å². The summed E-state index contributed by atoms with van der Waals surface area (Å²) in [6.45, 7) is 13.2. The molecular weight excluding hydrogens is 588 g/mol. The molecule has 0 aromatic heterocycles. The number of amides is 3. The van der Waals surface area contributed by atoms with Gasteiger partial charge in [-0.25, -0.2) is 9.59 Å². The van der Waals surface area contributed by atoms with Gasteiger partial charge in [0.05, 0.1) is 0 Å². The third-order valence-electron chi connectivity index (χ3n) is 10.1. The Labute approximate surface area is 272 Å². The molecule has 45 heavy (non-hydrogen) atoms. The number of hydrogen-bond acceptors (Lipinski definition) is 6. The summed E-state index contributed by atoms with van der Waals surface area (Å²) in [5.41, 5.74) is 4.94. The van der Waals surface area contributed by atoms with Crippen molar-refractivity contribution in [2.24, 2.45) is 0 Å². The third-order valence-corrected chi connectivity index (χ3v) is 10.5. The lowest BCUT2D eigenvalue weighted by atomic mass is 9.99. The first-order valence-electron chi connectivity index (χ1n) is 16.6. The zero-order valence-electron chi connectivity index (χ0n) is 26.5. The average Bonchev–Trinajstić information content (AvgIpc) is 3.24. The minimum Gasteiger partial charge on any atom is -0.439 e. The summed E-state index contributed by atoms with van der Waals surface area (Å²) in [6.07, 6.45) is 5.30. The van der Waals surface area contributed by atoms with Gasteiger partial charge in [0.15, 0.2) is 0 Å². The Morgan fingerprint density at radius 2 is 1.73 bits per heavy atom. The number of anilines is 1. The molecule has 9 nitrogen and oxygen atoms in total. The number of hydrogen-bond donors (Lipinski definition) is 2. The van der Waals surface area contributed by atoms with Gasteiger partial charge in [-0.3, -0.25) is 4.90 Å². The quantitative estimate of drug-likeness (QED) is 0.420. The summed E-state index contributed by atoms with van der Waals surface area (Å²) >= 11 is 6.48. The number of benzene rings is 2. The highest BCUT2D eigenvalue weighted by Gasteiger charge is 2.34. The number of ether oxygens (including phenoxy) is 1. The van der Waals surface area contributed by atoms with Gasteiger partial charge < -0.3 is 30.1 Å². The fraction of sp³-hybridized carbons (Fsp3) is 0.543. The van der Waals surface area contributed by atoms with Crippen molar-refractivity contribution < 1.29 is 14.3 Å². The minimum absolute atomic E-state index is 0.0607. The lowest BCUT2D eigenvalue weighted by Gasteiger charge is -2.43. The molecule has 1 unspecified atom stereocenters. The second kappa shape index (κ2) is 14.4. The van der Waals surface area contributed by atoms with Crippen molar-refractivity contribution in [3.63, 3.8) is 0 Å². The van der Waals surface area contributed by atoms with Crippen LogP contribution in [0.25, 0.3) is 0 Å². The Hall–Kier alpha value is -3.27. The van der Waals surface area contributed by atoms with Crippen LogP contribution in [0.2, 0.25) is 5.02 Å². The highest BCUT2D eigenvalue weighted by molar-refractivity contribution is 6.31. The van der Waals surface area contributed by atoms with Crippen molar-refractivity contribution in [3.05, 3.63) is 76.5 Å². The van der Waals surface area contributed by atoms with E-state index in [4.69, 9.17) is 16.3 Å². The summed E-state index contributed by atoms with van der Waals surface area (Å²) in [4.78, 5) is 35.3. The van der Waals surface area contributed by atoms with Gasteiger partial charge in [0.2, 0.25) is 0 Å². The summed E-state index contributed by atoms with van der Waals surface area (Å²) < 4.78 is 6.28. The lowest BCUT2D eigenvalue weighted by molar-refractivity contribution is 0.0433. The third kappa shape index (κ3) is 7.59. The first-order valence-corrected chi connectivity index (χ1v) is 17.0. The van der Waals surface area contributed by atoms with E-state index in [1.165, 1.54) is 6.42 Å². The molecule has 1 atom stereocenters. The Morgan fingerprint density at radius 3 is 2.47 bits per heavy atom. The van der Waals surface area contributed by atoms with Crippen molar-refractivity contribution in [2.75, 3.05) is 57.8 Å². The van der Waals surface area contributed by atoms with Crippen LogP contribution in [0.1, 0.15) is 48.8 Å². The monoisotopic (exact) mass is 634 g/mol. The second-order valence-corrected chi connectivity index (χ2v) is 13.3. The van der Waals surface area contributed by atoms with Crippen LogP contribution in [0.4, 0.5) is 15.3 Å². The van der Waals surface area contributed by atoms with Crippen molar-refractivity contribution in [3.8, 4) is 0 Å². The molecule has 0 saturated carbocycles. The van der Waals surface area contributed by atoms with E-state index in [1.807, 2.05) is 42.2 Å². The number of piperidine rings is 2. The zero-order chi connectivity index (χ0) is 31.3. The molecule has 0 aliphatic carbocycles. The number of aryl methyl sites for hydroxylation is 1. The maximum atomic E-state index is 13.6. The Morgan fingerprint density at radius 1 is 1.00 bits per heavy atom. The highest BCUT2D eigenvalue weighted by atomic mass is 35.5. The van der Waals surface area contributed by atoms with Gasteiger partial charge in [-0.2, -0.15) is 0 Å². The van der Waals surface area contributed by atoms with E-state index < -0.39 is 6.10 Å². The largest absolute Gasteiger partial charge is 0.439 e. The van der Waals surface area contributed by atoms with E-state index in [0.717, 1.165) is 93.0 Å². The van der Waals surface area contributed by atoms with Crippen molar-refractivity contribution in [1.29, 1.82) is 0 Å². The SMILES string of the molecule is C=C(C(Cc1ccc(C)c(Cl)c1)OC(=O)N1CCC(N2CCc3ccccc3NC2=O)CC1)N1CCC(N2CCCNC2)CC1. The molecule has 4 aliphatic rings. The van der Waals surface area contributed by atoms with Gasteiger partial charge in [0, 0.05) is 80.8 Å². The van der Waals surface area contributed by atoms with Gasteiger partial charge in [-0.1, -0.05) is 48.5 Å². The first kappa shape index (κ1) is 31.7. The van der Waals surface area contributed by atoms with Crippen LogP contribution in [0.3, 0.4) is 0 Å². The Kier molecular flexibility index (Phi) is 10.2. The van der Waals surface area contributed by atoms with Crippen LogP contribution in [0.15, 0.2) is 54.7 Å². The van der Waals surface area contributed by atoms with E-state index in [0.29, 0.717) is 37.1 Å². The fourth-order valence-electron chi connectivity index (χ4n) is 7.24. The smallest absolute Gasteiger partial charge is 0.410 e. The maximum absolute atomic E-state index is 13.6. The molecule has 0 spiro atoms. The second-order valence-electron chi connectivity index (χ2n) is 12.9. The van der Waals surface area contributed by atoms with Crippen LogP contribution in [-0.4, -0.2) is 102 Å². The Bertz CT molecular complexity index is 1360. The number of likely N-dealkylation sites (tertiary alicyclic amines) is 2. The van der Waals surface area contributed by atoms with Crippen LogP contribution in [0, 0.1) is 6.92 Å². The van der Waals surface area contributed by atoms with E-state index in [-0.39, 0.29) is 18.2 Å². The minimum atomic E-state index is -0.489. The van der Waals surface area contributed by atoms with Crippen molar-refractivity contribution >= 4 is 29.4 Å². The zero-order valence-corrected chi connectivity index (χ0v) is 27.2. The van der Waals surface area contributed by atoms with Gasteiger partial charge in [0.1, 0.15) is 6.10 Å². The van der Waals surface area contributed by atoms with Gasteiger partial charge in [0.25, 0.3) is 0 Å². The number of carbonyl (C=O) groups excluding carboxylic acids is 2. The number of rotatable bonds is 7. The maximum Gasteiger partial charge on any atom is 0.410 e. The van der Waals surface area contributed by atoms with Crippen LogP contribution in [-0.2, 0) is 17.6 Å².